The van der Waals surface area contributed by atoms with E-state index in [9.17, 15) is 0 Å². The van der Waals surface area contributed by atoms with Crippen molar-refractivity contribution >= 4 is 5.57 Å². The Bertz CT molecular complexity index is 509. The molecule has 1 aromatic heterocycles. The molecule has 0 spiro atoms. The molecule has 0 unspecified atom stereocenters. The van der Waals surface area contributed by atoms with Crippen LogP contribution < -0.4 is 0 Å². The molecule has 15 heavy (non-hydrogen) atoms. The minimum absolute atomic E-state index is 1.10. The second-order valence-corrected chi connectivity index (χ2v) is 3.96. The Kier molecular flexibility index (Phi) is 1.75. The monoisotopic (exact) mass is 196 g/mol. The van der Waals surface area contributed by atoms with E-state index in [4.69, 9.17) is 0 Å². The van der Waals surface area contributed by atoms with E-state index < -0.39 is 0 Å². The van der Waals surface area contributed by atoms with Crippen LogP contribution in [0.15, 0.2) is 37.2 Å². The lowest BCUT2D eigenvalue weighted by Crippen LogP contribution is -1.82. The number of allylic oxidation sites excluding steroid dienone is 1. The third-order valence-electron chi connectivity index (χ3n) is 3.02. The van der Waals surface area contributed by atoms with Crippen LogP contribution in [0.1, 0.15) is 17.5 Å². The van der Waals surface area contributed by atoms with Crippen molar-refractivity contribution in [2.45, 2.75) is 12.8 Å². The van der Waals surface area contributed by atoms with Crippen molar-refractivity contribution in [3.05, 3.63) is 48.3 Å². The zero-order valence-corrected chi connectivity index (χ0v) is 8.46. The molecule has 1 N–H and O–H groups in total. The molecule has 0 fully saturated rings. The van der Waals surface area contributed by atoms with Gasteiger partial charge in [-0.1, -0.05) is 18.7 Å². The first kappa shape index (κ1) is 8.48. The number of aryl methyl sites for hydroxylation is 1. The maximum Gasteiger partial charge on any atom is 0.0565 e. The highest BCUT2D eigenvalue weighted by molar-refractivity contribution is 5.76. The Hall–Kier alpha value is -1.83. The Morgan fingerprint density at radius 1 is 1.20 bits per heavy atom. The highest BCUT2D eigenvalue weighted by Gasteiger charge is 2.14. The minimum Gasteiger partial charge on any atom is -0.285 e. The summed E-state index contributed by atoms with van der Waals surface area (Å²) in [6, 6.07) is 6.58. The Balaban J connectivity index is 2.13. The summed E-state index contributed by atoms with van der Waals surface area (Å²) >= 11 is 0. The molecular weight excluding hydrogens is 184 g/mol. The maximum atomic E-state index is 4.09. The van der Waals surface area contributed by atoms with Gasteiger partial charge in [0.1, 0.15) is 0 Å². The van der Waals surface area contributed by atoms with E-state index in [-0.39, 0.29) is 0 Å². The molecule has 0 radical (unpaired) electrons. The number of aromatic nitrogens is 2. The molecule has 2 heteroatoms. The molecule has 2 aromatic rings. The van der Waals surface area contributed by atoms with Gasteiger partial charge in [0.05, 0.1) is 6.20 Å². The lowest BCUT2D eigenvalue weighted by Gasteiger charge is -2.03. The average Bonchev–Trinajstić information content (AvgIpc) is 2.88. The third-order valence-corrected chi connectivity index (χ3v) is 3.02. The van der Waals surface area contributed by atoms with Gasteiger partial charge in [-0.25, -0.2) is 0 Å². The molecule has 0 bridgehead atoms. The first-order valence-corrected chi connectivity index (χ1v) is 5.15. The number of benzene rings is 1. The van der Waals surface area contributed by atoms with Crippen molar-refractivity contribution < 1.29 is 0 Å². The number of H-pyrrole nitrogens is 1. The molecule has 1 aliphatic rings. The van der Waals surface area contributed by atoms with Gasteiger partial charge in [0.2, 0.25) is 0 Å². The van der Waals surface area contributed by atoms with Crippen molar-refractivity contribution in [3.8, 4) is 11.1 Å². The second kappa shape index (κ2) is 3.09. The van der Waals surface area contributed by atoms with Gasteiger partial charge in [-0.15, -0.1) is 0 Å². The van der Waals surface area contributed by atoms with Gasteiger partial charge >= 0.3 is 0 Å². The number of fused-ring (bicyclic) bond motifs is 1. The number of nitrogens with zero attached hydrogens (tertiary/aromatic N) is 1. The zero-order valence-electron chi connectivity index (χ0n) is 8.46. The molecule has 1 heterocycles. The predicted molar refractivity (Wildman–Crippen MR) is 61.4 cm³/mol. The standard InChI is InChI=1S/C13H12N2/c1-9-2-3-10-4-5-11(6-13(9)10)12-7-14-15-8-12/h4-8H,1-3H2,(H,14,15). The zero-order chi connectivity index (χ0) is 10.3. The fourth-order valence-electron chi connectivity index (χ4n) is 2.13. The molecule has 1 aliphatic carbocycles. The van der Waals surface area contributed by atoms with Crippen LogP contribution in [0.2, 0.25) is 0 Å². The van der Waals surface area contributed by atoms with Crippen LogP contribution in [0.4, 0.5) is 0 Å². The molecule has 0 atom stereocenters. The van der Waals surface area contributed by atoms with Gasteiger partial charge in [0.15, 0.2) is 0 Å². The number of hydrogen-bond acceptors (Lipinski definition) is 1. The molecule has 2 nitrogen and oxygen atoms in total. The van der Waals surface area contributed by atoms with Crippen LogP contribution in [-0.4, -0.2) is 10.2 Å². The minimum atomic E-state index is 1.10. The molecule has 0 amide bonds. The topological polar surface area (TPSA) is 28.7 Å². The summed E-state index contributed by atoms with van der Waals surface area (Å²) in [5, 5.41) is 6.80. The lowest BCUT2D eigenvalue weighted by atomic mass is 10.0. The van der Waals surface area contributed by atoms with Crippen LogP contribution in [0, 0.1) is 0 Å². The van der Waals surface area contributed by atoms with Crippen LogP contribution in [0.25, 0.3) is 16.7 Å². The van der Waals surface area contributed by atoms with Gasteiger partial charge in [0, 0.05) is 11.8 Å². The molecule has 0 saturated carbocycles. The van der Waals surface area contributed by atoms with Crippen LogP contribution in [0.3, 0.4) is 0 Å². The lowest BCUT2D eigenvalue weighted by molar-refractivity contribution is 1.08. The maximum absolute atomic E-state index is 4.09. The van der Waals surface area contributed by atoms with E-state index >= 15 is 0 Å². The van der Waals surface area contributed by atoms with E-state index in [1.807, 2.05) is 12.4 Å². The van der Waals surface area contributed by atoms with Crippen molar-refractivity contribution in [2.24, 2.45) is 0 Å². The fraction of sp³-hybridized carbons (Fsp3) is 0.154. The van der Waals surface area contributed by atoms with Crippen molar-refractivity contribution in [3.63, 3.8) is 0 Å². The quantitative estimate of drug-likeness (QED) is 0.746. The Morgan fingerprint density at radius 2 is 2.13 bits per heavy atom. The second-order valence-electron chi connectivity index (χ2n) is 3.96. The van der Waals surface area contributed by atoms with E-state index in [0.717, 1.165) is 18.4 Å². The highest BCUT2D eigenvalue weighted by atomic mass is 15.1. The van der Waals surface area contributed by atoms with Gasteiger partial charge in [-0.05, 0) is 41.2 Å². The smallest absolute Gasteiger partial charge is 0.0565 e. The van der Waals surface area contributed by atoms with Gasteiger partial charge in [-0.3, -0.25) is 5.10 Å². The summed E-state index contributed by atoms with van der Waals surface area (Å²) in [5.74, 6) is 0. The number of rotatable bonds is 1. The molecule has 0 saturated heterocycles. The van der Waals surface area contributed by atoms with Gasteiger partial charge < -0.3 is 0 Å². The van der Waals surface area contributed by atoms with E-state index in [2.05, 4.69) is 35.0 Å². The van der Waals surface area contributed by atoms with Crippen molar-refractivity contribution in [2.75, 3.05) is 0 Å². The van der Waals surface area contributed by atoms with Gasteiger partial charge in [-0.2, -0.15) is 5.10 Å². The first-order chi connectivity index (χ1) is 7.34. The van der Waals surface area contributed by atoms with Gasteiger partial charge in [0.25, 0.3) is 0 Å². The summed E-state index contributed by atoms with van der Waals surface area (Å²) in [6.07, 6.45) is 6.00. The fourth-order valence-corrected chi connectivity index (χ4v) is 2.13. The SMILES string of the molecule is C=C1CCc2ccc(-c3cn[nH]c3)cc21. The van der Waals surface area contributed by atoms with Crippen LogP contribution in [0.5, 0.6) is 0 Å². The number of nitrogens with one attached hydrogen (secondary N) is 1. The molecule has 0 aliphatic heterocycles. The first-order valence-electron chi connectivity index (χ1n) is 5.15. The van der Waals surface area contributed by atoms with Crippen LogP contribution >= 0.6 is 0 Å². The number of aromatic amines is 1. The normalized spacial score (nSPS) is 14.3. The Labute approximate surface area is 88.7 Å². The molecular formula is C13H12N2. The van der Waals surface area contributed by atoms with E-state index in [1.54, 1.807) is 0 Å². The summed E-state index contributed by atoms with van der Waals surface area (Å²) in [7, 11) is 0. The Morgan fingerprint density at radius 3 is 2.93 bits per heavy atom. The van der Waals surface area contributed by atoms with E-state index in [1.165, 1.54) is 22.3 Å². The summed E-state index contributed by atoms with van der Waals surface area (Å²) in [4.78, 5) is 0. The summed E-state index contributed by atoms with van der Waals surface area (Å²) < 4.78 is 0. The van der Waals surface area contributed by atoms with Crippen molar-refractivity contribution in [1.29, 1.82) is 0 Å². The largest absolute Gasteiger partial charge is 0.285 e. The molecule has 1 aromatic carbocycles. The molecule has 3 rings (SSSR count). The van der Waals surface area contributed by atoms with E-state index in [0.29, 0.717) is 0 Å². The average molecular weight is 196 g/mol. The van der Waals surface area contributed by atoms with Crippen LogP contribution in [-0.2, 0) is 6.42 Å². The molecule has 74 valence electrons. The number of hydrogen-bond donors (Lipinski definition) is 1. The third kappa shape index (κ3) is 1.30. The highest BCUT2D eigenvalue weighted by Crippen LogP contribution is 2.33. The summed E-state index contributed by atoms with van der Waals surface area (Å²) in [6.45, 7) is 4.09. The van der Waals surface area contributed by atoms with Crippen molar-refractivity contribution in [1.82, 2.24) is 10.2 Å². The predicted octanol–water partition coefficient (Wildman–Crippen LogP) is 3.04. The summed E-state index contributed by atoms with van der Waals surface area (Å²) in [5.41, 5.74) is 6.36.